The molecule has 1 aromatic heterocycles. The average molecular weight is 320 g/mol. The molecule has 2 saturated heterocycles. The van der Waals surface area contributed by atoms with Crippen LogP contribution in [0.2, 0.25) is 0 Å². The van der Waals surface area contributed by atoms with E-state index in [0.717, 1.165) is 17.9 Å². The molecular formula is C17H24N2O4. The van der Waals surface area contributed by atoms with E-state index in [4.69, 9.17) is 4.74 Å². The van der Waals surface area contributed by atoms with Crippen LogP contribution in [0.25, 0.3) is 0 Å². The number of carboxylic acids is 1. The number of aliphatic carboxylic acids is 1. The summed E-state index contributed by atoms with van der Waals surface area (Å²) in [5.41, 5.74) is 1.85. The topological polar surface area (TPSA) is 71.8 Å². The molecule has 0 saturated carbocycles. The lowest BCUT2D eigenvalue weighted by atomic mass is 9.74. The average Bonchev–Trinajstić information content (AvgIpc) is 3.05. The van der Waals surface area contributed by atoms with Gasteiger partial charge in [0.1, 0.15) is 0 Å². The van der Waals surface area contributed by atoms with Crippen molar-refractivity contribution in [3.8, 4) is 0 Å². The van der Waals surface area contributed by atoms with Gasteiger partial charge in [-0.3, -0.25) is 9.59 Å². The van der Waals surface area contributed by atoms with Crippen LogP contribution in [0.5, 0.6) is 0 Å². The van der Waals surface area contributed by atoms with Gasteiger partial charge >= 0.3 is 5.97 Å². The number of rotatable bonds is 3. The first-order valence-corrected chi connectivity index (χ1v) is 8.18. The highest BCUT2D eigenvalue weighted by Gasteiger charge is 2.55. The summed E-state index contributed by atoms with van der Waals surface area (Å²) < 4.78 is 7.55. The lowest BCUT2D eigenvalue weighted by Crippen LogP contribution is -2.45. The van der Waals surface area contributed by atoms with Crippen LogP contribution >= 0.6 is 0 Å². The Balaban J connectivity index is 1.89. The summed E-state index contributed by atoms with van der Waals surface area (Å²) in [6, 6.07) is 1.91. The van der Waals surface area contributed by atoms with E-state index in [2.05, 4.69) is 11.5 Å². The van der Waals surface area contributed by atoms with Crippen LogP contribution in [-0.4, -0.2) is 52.8 Å². The molecule has 3 heterocycles. The summed E-state index contributed by atoms with van der Waals surface area (Å²) >= 11 is 0. The summed E-state index contributed by atoms with van der Waals surface area (Å²) in [6.45, 7) is 8.42. The standard InChI is InChI=1S/C17H24N2O4/c1-4-19-11(2)7-14(12(19)3)15(20)18-8-13-9-23-6-5-17(13,10-18)16(21)22/h7,13H,4-6,8-10H2,1-3H3,(H,21,22)/t13-,17+/m0/s1. The molecule has 0 bridgehead atoms. The van der Waals surface area contributed by atoms with Crippen LogP contribution in [0.3, 0.4) is 0 Å². The number of carboxylic acid groups (broad SMARTS) is 1. The van der Waals surface area contributed by atoms with E-state index in [1.54, 1.807) is 4.90 Å². The Kier molecular flexibility index (Phi) is 3.96. The number of nitrogens with zero attached hydrogens (tertiary/aromatic N) is 2. The normalized spacial score (nSPS) is 27.1. The second-order valence-corrected chi connectivity index (χ2v) is 6.70. The Labute approximate surface area is 136 Å². The predicted octanol–water partition coefficient (Wildman–Crippen LogP) is 1.69. The third-order valence-corrected chi connectivity index (χ3v) is 5.54. The van der Waals surface area contributed by atoms with Crippen molar-refractivity contribution in [1.82, 2.24) is 9.47 Å². The van der Waals surface area contributed by atoms with Gasteiger partial charge in [0.05, 0.1) is 17.6 Å². The molecule has 0 unspecified atom stereocenters. The Morgan fingerprint density at radius 2 is 2.17 bits per heavy atom. The molecule has 0 aromatic carbocycles. The summed E-state index contributed by atoms with van der Waals surface area (Å²) in [4.78, 5) is 26.5. The minimum absolute atomic E-state index is 0.0622. The van der Waals surface area contributed by atoms with Gasteiger partial charge in [-0.25, -0.2) is 0 Å². The summed E-state index contributed by atoms with van der Waals surface area (Å²) in [6.07, 6.45) is 0.477. The zero-order chi connectivity index (χ0) is 16.8. The van der Waals surface area contributed by atoms with Crippen molar-refractivity contribution in [2.75, 3.05) is 26.3 Å². The molecule has 2 fully saturated rings. The number of fused-ring (bicyclic) bond motifs is 1. The van der Waals surface area contributed by atoms with Gasteiger partial charge in [-0.05, 0) is 33.3 Å². The SMILES string of the molecule is CCn1c(C)cc(C(=O)N2C[C@H]3COCC[C@@]3(C(=O)O)C2)c1C. The number of ether oxygens (including phenoxy) is 1. The number of carbonyl (C=O) groups is 2. The maximum Gasteiger partial charge on any atom is 0.311 e. The van der Waals surface area contributed by atoms with Crippen molar-refractivity contribution in [3.63, 3.8) is 0 Å². The van der Waals surface area contributed by atoms with E-state index in [1.807, 2.05) is 19.9 Å². The van der Waals surface area contributed by atoms with E-state index in [-0.39, 0.29) is 18.4 Å². The highest BCUT2D eigenvalue weighted by molar-refractivity contribution is 5.96. The zero-order valence-corrected chi connectivity index (χ0v) is 14.0. The van der Waals surface area contributed by atoms with Crippen molar-refractivity contribution < 1.29 is 19.4 Å². The van der Waals surface area contributed by atoms with Gasteiger partial charge in [-0.15, -0.1) is 0 Å². The molecule has 2 atom stereocenters. The third-order valence-electron chi connectivity index (χ3n) is 5.54. The molecule has 0 radical (unpaired) electrons. The molecule has 2 aliphatic heterocycles. The summed E-state index contributed by atoms with van der Waals surface area (Å²) in [7, 11) is 0. The van der Waals surface area contributed by atoms with Crippen LogP contribution < -0.4 is 0 Å². The molecule has 1 aromatic rings. The maximum atomic E-state index is 12.9. The molecule has 126 valence electrons. The van der Waals surface area contributed by atoms with Crippen LogP contribution in [0.15, 0.2) is 6.07 Å². The van der Waals surface area contributed by atoms with E-state index >= 15 is 0 Å². The molecule has 1 N–H and O–H groups in total. The number of likely N-dealkylation sites (tertiary alicyclic amines) is 1. The number of aryl methyl sites for hydroxylation is 1. The fraction of sp³-hybridized carbons (Fsp3) is 0.647. The molecule has 1 amide bonds. The Bertz CT molecular complexity index is 651. The van der Waals surface area contributed by atoms with E-state index in [1.165, 1.54) is 0 Å². The molecule has 2 aliphatic rings. The van der Waals surface area contributed by atoms with Crippen molar-refractivity contribution in [2.45, 2.75) is 33.7 Å². The lowest BCUT2D eigenvalue weighted by Gasteiger charge is -2.33. The minimum atomic E-state index is -0.843. The molecule has 0 spiro atoms. The molecule has 6 heteroatoms. The molecule has 3 rings (SSSR count). The predicted molar refractivity (Wildman–Crippen MR) is 84.5 cm³/mol. The lowest BCUT2D eigenvalue weighted by molar-refractivity contribution is -0.157. The summed E-state index contributed by atoms with van der Waals surface area (Å²) in [5.74, 6) is -0.986. The zero-order valence-electron chi connectivity index (χ0n) is 14.0. The second-order valence-electron chi connectivity index (χ2n) is 6.70. The fourth-order valence-corrected chi connectivity index (χ4v) is 4.13. The maximum absolute atomic E-state index is 12.9. The number of carbonyl (C=O) groups excluding carboxylic acids is 1. The highest BCUT2D eigenvalue weighted by atomic mass is 16.5. The van der Waals surface area contributed by atoms with Crippen molar-refractivity contribution >= 4 is 11.9 Å². The van der Waals surface area contributed by atoms with E-state index in [0.29, 0.717) is 31.7 Å². The molecule has 0 aliphatic carbocycles. The van der Waals surface area contributed by atoms with Crippen molar-refractivity contribution in [1.29, 1.82) is 0 Å². The highest BCUT2D eigenvalue weighted by Crippen LogP contribution is 2.43. The number of aromatic nitrogens is 1. The first-order valence-electron chi connectivity index (χ1n) is 8.18. The van der Waals surface area contributed by atoms with Gasteiger partial charge in [-0.1, -0.05) is 0 Å². The van der Waals surface area contributed by atoms with Crippen molar-refractivity contribution in [2.24, 2.45) is 11.3 Å². The number of amides is 1. The molecular weight excluding hydrogens is 296 g/mol. The monoisotopic (exact) mass is 320 g/mol. The quantitative estimate of drug-likeness (QED) is 0.920. The van der Waals surface area contributed by atoms with Gasteiger partial charge in [0.15, 0.2) is 0 Å². The van der Waals surface area contributed by atoms with Crippen LogP contribution in [0, 0.1) is 25.2 Å². The smallest absolute Gasteiger partial charge is 0.311 e. The number of hydrogen-bond donors (Lipinski definition) is 1. The minimum Gasteiger partial charge on any atom is -0.481 e. The van der Waals surface area contributed by atoms with Gasteiger partial charge in [0, 0.05) is 43.5 Å². The van der Waals surface area contributed by atoms with Crippen LogP contribution in [0.4, 0.5) is 0 Å². The van der Waals surface area contributed by atoms with Gasteiger partial charge < -0.3 is 19.3 Å². The Hall–Kier alpha value is -1.82. The largest absolute Gasteiger partial charge is 0.481 e. The Morgan fingerprint density at radius 1 is 1.43 bits per heavy atom. The molecule has 23 heavy (non-hydrogen) atoms. The summed E-state index contributed by atoms with van der Waals surface area (Å²) in [5, 5.41) is 9.71. The van der Waals surface area contributed by atoms with Gasteiger partial charge in [-0.2, -0.15) is 0 Å². The van der Waals surface area contributed by atoms with Gasteiger partial charge in [0.25, 0.3) is 5.91 Å². The first-order chi connectivity index (χ1) is 10.9. The fourth-order valence-electron chi connectivity index (χ4n) is 4.13. The van der Waals surface area contributed by atoms with Gasteiger partial charge in [0.2, 0.25) is 0 Å². The van der Waals surface area contributed by atoms with Crippen LogP contribution in [0.1, 0.15) is 35.1 Å². The van der Waals surface area contributed by atoms with Crippen molar-refractivity contribution in [3.05, 3.63) is 23.0 Å². The van der Waals surface area contributed by atoms with E-state index < -0.39 is 11.4 Å². The van der Waals surface area contributed by atoms with E-state index in [9.17, 15) is 14.7 Å². The first kappa shape index (κ1) is 16.1. The molecule has 6 nitrogen and oxygen atoms in total. The second kappa shape index (κ2) is 5.67. The number of hydrogen-bond acceptors (Lipinski definition) is 3. The Morgan fingerprint density at radius 3 is 2.74 bits per heavy atom. The van der Waals surface area contributed by atoms with Crippen LogP contribution in [-0.2, 0) is 16.1 Å². The third kappa shape index (κ3) is 2.36.